The molecule has 0 aliphatic rings. The number of carbonyl (C=O) groups is 2. The molecule has 0 radical (unpaired) electrons. The zero-order valence-corrected chi connectivity index (χ0v) is 43.5. The van der Waals surface area contributed by atoms with E-state index in [0.717, 1.165) is 16.9 Å². The molecule has 0 bridgehead atoms. The number of fused-ring (bicyclic) bond motifs is 1. The molecule has 0 fully saturated rings. The number of carbonyl (C=O) groups excluding carboxylic acids is 2. The van der Waals surface area contributed by atoms with Crippen LogP contribution >= 0.6 is 22.7 Å². The van der Waals surface area contributed by atoms with E-state index in [4.69, 9.17) is 33.8 Å². The van der Waals surface area contributed by atoms with Crippen LogP contribution in [0.5, 0.6) is 17.2 Å². The molecule has 5 aromatic carbocycles. The molecule has 0 aliphatic carbocycles. The number of methoxy groups -OCH3 is 3. The van der Waals surface area contributed by atoms with E-state index in [2.05, 4.69) is 25.9 Å². The normalized spacial score (nSPS) is 11.9. The van der Waals surface area contributed by atoms with Crippen molar-refractivity contribution in [1.29, 1.82) is 0 Å². The largest absolute Gasteiger partial charge is 0.497 e. The molecule has 18 nitrogen and oxygen atoms in total. The van der Waals surface area contributed by atoms with Gasteiger partial charge in [0, 0.05) is 30.4 Å². The molecule has 3 aromatic heterocycles. The van der Waals surface area contributed by atoms with Gasteiger partial charge in [0.25, 0.3) is 0 Å². The molecule has 0 saturated carbocycles. The summed E-state index contributed by atoms with van der Waals surface area (Å²) in [6.45, 7) is 10.6. The fourth-order valence-corrected chi connectivity index (χ4v) is 11.1. The number of hydrogen-bond acceptors (Lipinski definition) is 16. The van der Waals surface area contributed by atoms with Crippen molar-refractivity contribution in [2.75, 3.05) is 32.0 Å². The van der Waals surface area contributed by atoms with Gasteiger partial charge in [-0.15, -0.1) is 10.2 Å². The van der Waals surface area contributed by atoms with E-state index < -0.39 is 33.4 Å². The van der Waals surface area contributed by atoms with Crippen molar-refractivity contribution < 1.29 is 41.7 Å². The topological polar surface area (TPSA) is 211 Å². The molecule has 8 rings (SSSR count). The van der Waals surface area contributed by atoms with Crippen LogP contribution in [-0.4, -0.2) is 87.6 Å². The summed E-state index contributed by atoms with van der Waals surface area (Å²) in [4.78, 5) is 37.0. The van der Waals surface area contributed by atoms with E-state index in [1.165, 1.54) is 26.6 Å². The second-order valence-corrected chi connectivity index (χ2v) is 22.2. The lowest BCUT2D eigenvalue weighted by Gasteiger charge is -2.26. The summed E-state index contributed by atoms with van der Waals surface area (Å²) < 4.78 is 62.1. The highest BCUT2D eigenvalue weighted by Gasteiger charge is 2.36. The Balaban J connectivity index is 1.38. The van der Waals surface area contributed by atoms with Gasteiger partial charge >= 0.3 is 12.2 Å². The Morgan fingerprint density at radius 2 is 1.18 bits per heavy atom. The summed E-state index contributed by atoms with van der Waals surface area (Å²) >= 11 is 2.29. The molecule has 21 heteroatoms. The third-order valence-corrected chi connectivity index (χ3v) is 14.4. The van der Waals surface area contributed by atoms with Gasteiger partial charge < -0.3 is 23.7 Å². The molecule has 0 atom stereocenters. The maximum atomic E-state index is 16.4. The second kappa shape index (κ2) is 21.1. The highest BCUT2D eigenvalue weighted by molar-refractivity contribution is 7.89. The zero-order chi connectivity index (χ0) is 51.4. The molecular formula is C51H53N9O9S3. The fraction of sp³-hybridized carbons (Fsp3) is 0.275. The first kappa shape index (κ1) is 50.9. The second-order valence-electron chi connectivity index (χ2n) is 18.3. The molecule has 0 spiro atoms. The van der Waals surface area contributed by atoms with Crippen molar-refractivity contribution in [2.45, 2.75) is 77.3 Å². The van der Waals surface area contributed by atoms with Gasteiger partial charge in [0.15, 0.2) is 10.3 Å². The molecule has 374 valence electrons. The Hall–Kier alpha value is -7.46. The van der Waals surface area contributed by atoms with Gasteiger partial charge in [-0.25, -0.2) is 28.0 Å². The van der Waals surface area contributed by atoms with Crippen LogP contribution in [0.1, 0.15) is 58.2 Å². The summed E-state index contributed by atoms with van der Waals surface area (Å²) in [7, 11) is 0.0282. The van der Waals surface area contributed by atoms with Crippen LogP contribution in [0.15, 0.2) is 114 Å². The number of nitrogens with zero attached hydrogens (tertiary/aromatic N) is 7. The zero-order valence-electron chi connectivity index (χ0n) is 41.0. The Kier molecular flexibility index (Phi) is 14.9. The van der Waals surface area contributed by atoms with E-state index in [0.29, 0.717) is 54.6 Å². The molecule has 72 heavy (non-hydrogen) atoms. The lowest BCUT2D eigenvalue weighted by Crippen LogP contribution is -2.31. The molecule has 0 saturated heterocycles. The van der Waals surface area contributed by atoms with Crippen molar-refractivity contribution in [3.63, 3.8) is 0 Å². The number of rotatable bonds is 16. The summed E-state index contributed by atoms with van der Waals surface area (Å²) in [5.41, 5.74) is 2.35. The van der Waals surface area contributed by atoms with Crippen molar-refractivity contribution in [2.24, 2.45) is 0 Å². The van der Waals surface area contributed by atoms with Crippen LogP contribution in [0, 0.1) is 0 Å². The van der Waals surface area contributed by atoms with Crippen LogP contribution in [0.2, 0.25) is 0 Å². The molecule has 0 unspecified atom stereocenters. The van der Waals surface area contributed by atoms with Gasteiger partial charge in [0.1, 0.15) is 33.3 Å². The number of nitrogens with one attached hydrogen (secondary N) is 2. The molecular weight excluding hydrogens is 979 g/mol. The maximum absolute atomic E-state index is 16.4. The van der Waals surface area contributed by atoms with Crippen LogP contribution in [0.25, 0.3) is 43.2 Å². The molecule has 8 aromatic rings. The van der Waals surface area contributed by atoms with Crippen molar-refractivity contribution >= 4 is 65.4 Å². The Morgan fingerprint density at radius 3 is 1.72 bits per heavy atom. The number of tetrazole rings is 1. The van der Waals surface area contributed by atoms with Crippen molar-refractivity contribution in [3.05, 3.63) is 126 Å². The number of hydrogen-bond donors (Lipinski definition) is 2. The number of ether oxygens (including phenoxy) is 5. The highest BCUT2D eigenvalue weighted by atomic mass is 32.2. The van der Waals surface area contributed by atoms with Gasteiger partial charge in [-0.1, -0.05) is 83.3 Å². The van der Waals surface area contributed by atoms with Gasteiger partial charge in [0.05, 0.1) is 48.5 Å². The minimum absolute atomic E-state index is 0.0104. The SMILES string of the molecule is COc1ccc(CN(Cc2ccc(OC)cc2)S(=O)(=O)c2c(-c3cnc(NC(=O)OC(C)(C)C)s3)ccc(-c3cccc4sc(NC(=O)OC(C)(C)C)nc34)c2-c2nnn(Cc3ccc(OC)cc3)n2)cc1. The van der Waals surface area contributed by atoms with E-state index in [1.54, 1.807) is 99.3 Å². The lowest BCUT2D eigenvalue weighted by molar-refractivity contribution is 0.0624. The van der Waals surface area contributed by atoms with Crippen molar-refractivity contribution in [1.82, 2.24) is 34.5 Å². The summed E-state index contributed by atoms with van der Waals surface area (Å²) in [6, 6.07) is 30.7. The number of para-hydroxylation sites is 1. The summed E-state index contributed by atoms with van der Waals surface area (Å²) in [5, 5.41) is 19.8. The number of aromatic nitrogens is 6. The van der Waals surface area contributed by atoms with E-state index >= 15 is 8.42 Å². The lowest BCUT2D eigenvalue weighted by atomic mass is 9.95. The van der Waals surface area contributed by atoms with E-state index in [1.807, 2.05) is 66.7 Å². The molecule has 2 N–H and O–H groups in total. The quantitative estimate of drug-likeness (QED) is 0.0922. The molecule has 2 amide bonds. The predicted molar refractivity (Wildman–Crippen MR) is 277 cm³/mol. The Labute approximate surface area is 425 Å². The fourth-order valence-electron chi connectivity index (χ4n) is 7.48. The first-order valence-electron chi connectivity index (χ1n) is 22.5. The average Bonchev–Trinajstić information content (AvgIpc) is 4.10. The average molecular weight is 1030 g/mol. The van der Waals surface area contributed by atoms with E-state index in [9.17, 15) is 9.59 Å². The number of amides is 2. The first-order chi connectivity index (χ1) is 34.3. The van der Waals surface area contributed by atoms with Crippen LogP contribution in [-0.2, 0) is 39.1 Å². The maximum Gasteiger partial charge on any atom is 0.413 e. The van der Waals surface area contributed by atoms with Gasteiger partial charge in [-0.05, 0) is 111 Å². The summed E-state index contributed by atoms with van der Waals surface area (Å²) in [6.07, 6.45) is 0.0843. The first-order valence-corrected chi connectivity index (χ1v) is 25.6. The third kappa shape index (κ3) is 12.2. The number of thiazole rings is 2. The Morgan fingerprint density at radius 1 is 0.653 bits per heavy atom. The van der Waals surface area contributed by atoms with Crippen LogP contribution in [0.3, 0.4) is 0 Å². The summed E-state index contributed by atoms with van der Waals surface area (Å²) in [5.74, 6) is 1.87. The minimum atomic E-state index is -4.68. The van der Waals surface area contributed by atoms with Crippen LogP contribution < -0.4 is 24.8 Å². The van der Waals surface area contributed by atoms with Crippen molar-refractivity contribution in [3.8, 4) is 50.2 Å². The molecule has 3 heterocycles. The standard InChI is InChI=1S/C51H53N9O9S3/c1-50(2,3)68-48(61)54-46-52-27-41(71-46)39-26-25-37(38-11-10-12-40-43(38)53-47(70-40)55-49(62)69-51(4,5)6)42(45-56-58-60(57-45)30-33-17-23-36(67-9)24-18-33)44(39)72(63,64)59(28-31-13-19-34(65-7)20-14-31)29-32-15-21-35(66-8)22-16-32/h10-27H,28-30H2,1-9H3,(H,52,54,61)(H,53,55,62). The number of sulfonamides is 1. The minimum Gasteiger partial charge on any atom is -0.497 e. The monoisotopic (exact) mass is 1030 g/mol. The number of benzene rings is 5. The third-order valence-electron chi connectivity index (χ3n) is 10.6. The predicted octanol–water partition coefficient (Wildman–Crippen LogP) is 10.9. The van der Waals surface area contributed by atoms with Crippen LogP contribution in [0.4, 0.5) is 19.9 Å². The van der Waals surface area contributed by atoms with E-state index in [-0.39, 0.29) is 51.7 Å². The van der Waals surface area contributed by atoms with Gasteiger partial charge in [-0.3, -0.25) is 10.6 Å². The number of anilines is 2. The smallest absolute Gasteiger partial charge is 0.413 e. The van der Waals surface area contributed by atoms with Gasteiger partial charge in [0.2, 0.25) is 15.8 Å². The van der Waals surface area contributed by atoms with Gasteiger partial charge in [-0.2, -0.15) is 9.10 Å². The highest BCUT2D eigenvalue weighted by Crippen LogP contribution is 2.47. The Bertz CT molecular complexity index is 3280. The molecule has 0 aliphatic heterocycles.